The van der Waals surface area contributed by atoms with E-state index < -0.39 is 12.0 Å². The first-order valence-electron chi connectivity index (χ1n) is 9.71. The summed E-state index contributed by atoms with van der Waals surface area (Å²) >= 11 is 1.25. The lowest BCUT2D eigenvalue weighted by Gasteiger charge is -2.25. The van der Waals surface area contributed by atoms with Crippen LogP contribution in [0.5, 0.6) is 11.5 Å². The van der Waals surface area contributed by atoms with Gasteiger partial charge in [0.05, 0.1) is 37.1 Å². The van der Waals surface area contributed by atoms with Crippen molar-refractivity contribution in [3.8, 4) is 11.5 Å². The standard InChI is InChI=1S/C23H21N3O5S/c1-13-19(22(28)31-4)20(16-8-7-15(29-2)11-17(16)30-3)26-21(27)18(32-23(26)25-13)10-14-6-5-9-24-12-14/h5-12,20H,1-4H3/b18-10-/t20-/m1/s1. The molecule has 0 bridgehead atoms. The Balaban J connectivity index is 2.01. The molecule has 1 aliphatic rings. The summed E-state index contributed by atoms with van der Waals surface area (Å²) in [6.45, 7) is 1.73. The minimum Gasteiger partial charge on any atom is -0.497 e. The zero-order valence-electron chi connectivity index (χ0n) is 18.0. The van der Waals surface area contributed by atoms with Gasteiger partial charge in [-0.15, -0.1) is 0 Å². The van der Waals surface area contributed by atoms with Crippen LogP contribution in [-0.2, 0) is 9.53 Å². The Kier molecular flexibility index (Phi) is 5.91. The first-order chi connectivity index (χ1) is 15.5. The summed E-state index contributed by atoms with van der Waals surface area (Å²) in [6.07, 6.45) is 5.10. The fourth-order valence-electron chi connectivity index (χ4n) is 3.64. The van der Waals surface area contributed by atoms with E-state index in [1.807, 2.05) is 6.07 Å². The minimum absolute atomic E-state index is 0.269. The monoisotopic (exact) mass is 451 g/mol. The van der Waals surface area contributed by atoms with Gasteiger partial charge in [-0.25, -0.2) is 9.79 Å². The molecule has 8 nitrogen and oxygen atoms in total. The van der Waals surface area contributed by atoms with Gasteiger partial charge >= 0.3 is 5.97 Å². The normalized spacial score (nSPS) is 15.8. The highest BCUT2D eigenvalue weighted by Crippen LogP contribution is 2.37. The van der Waals surface area contributed by atoms with Crippen molar-refractivity contribution in [1.82, 2.24) is 9.55 Å². The van der Waals surface area contributed by atoms with Crippen LogP contribution < -0.4 is 24.4 Å². The molecule has 0 aliphatic carbocycles. The molecule has 0 amide bonds. The summed E-state index contributed by atoms with van der Waals surface area (Å²) in [7, 11) is 4.39. The van der Waals surface area contributed by atoms with Gasteiger partial charge in [-0.3, -0.25) is 14.3 Å². The fraction of sp³-hybridized carbons (Fsp3) is 0.217. The van der Waals surface area contributed by atoms with E-state index in [0.717, 1.165) is 5.56 Å². The van der Waals surface area contributed by atoms with Gasteiger partial charge in [-0.2, -0.15) is 0 Å². The van der Waals surface area contributed by atoms with E-state index in [1.165, 1.54) is 30.1 Å². The zero-order valence-corrected chi connectivity index (χ0v) is 18.8. The van der Waals surface area contributed by atoms with E-state index in [2.05, 4.69) is 9.98 Å². The molecule has 9 heteroatoms. The number of ether oxygens (including phenoxy) is 3. The Bertz CT molecular complexity index is 1390. The van der Waals surface area contributed by atoms with Crippen molar-refractivity contribution in [1.29, 1.82) is 0 Å². The molecular weight excluding hydrogens is 430 g/mol. The Hall–Kier alpha value is -3.72. The first kappa shape index (κ1) is 21.5. The molecule has 1 aromatic carbocycles. The van der Waals surface area contributed by atoms with Gasteiger partial charge in [0.1, 0.15) is 17.5 Å². The molecule has 0 spiro atoms. The van der Waals surface area contributed by atoms with E-state index >= 15 is 0 Å². The highest BCUT2D eigenvalue weighted by atomic mass is 32.1. The second-order valence-corrected chi connectivity index (χ2v) is 7.98. The van der Waals surface area contributed by atoms with E-state index in [-0.39, 0.29) is 11.1 Å². The van der Waals surface area contributed by atoms with Crippen LogP contribution >= 0.6 is 11.3 Å². The summed E-state index contributed by atoms with van der Waals surface area (Å²) in [5.74, 6) is 0.512. The number of pyridine rings is 1. The number of benzene rings is 1. The Morgan fingerprint density at radius 2 is 2.00 bits per heavy atom. The molecule has 2 aromatic heterocycles. The number of thiazole rings is 1. The molecule has 4 rings (SSSR count). The predicted octanol–water partition coefficient (Wildman–Crippen LogP) is 1.82. The number of hydrogen-bond acceptors (Lipinski definition) is 8. The van der Waals surface area contributed by atoms with Crippen molar-refractivity contribution in [2.75, 3.05) is 21.3 Å². The van der Waals surface area contributed by atoms with Gasteiger partial charge in [-0.1, -0.05) is 17.4 Å². The van der Waals surface area contributed by atoms with Gasteiger partial charge < -0.3 is 14.2 Å². The number of esters is 1. The lowest BCUT2D eigenvalue weighted by Crippen LogP contribution is -2.40. The molecule has 32 heavy (non-hydrogen) atoms. The average molecular weight is 452 g/mol. The number of carbonyl (C=O) groups is 1. The van der Waals surface area contributed by atoms with Crippen LogP contribution in [0.15, 0.2) is 63.8 Å². The van der Waals surface area contributed by atoms with Gasteiger partial charge in [-0.05, 0) is 36.8 Å². The zero-order chi connectivity index (χ0) is 22.8. The maximum atomic E-state index is 13.5. The maximum Gasteiger partial charge on any atom is 0.338 e. The molecule has 1 atom stereocenters. The second kappa shape index (κ2) is 8.80. The SMILES string of the molecule is COC(=O)C1=C(C)N=c2s/c(=C\c3cccnc3)c(=O)n2[C@@H]1c1ccc(OC)cc1OC. The van der Waals surface area contributed by atoms with Crippen LogP contribution in [0.3, 0.4) is 0 Å². The predicted molar refractivity (Wildman–Crippen MR) is 120 cm³/mol. The second-order valence-electron chi connectivity index (χ2n) is 6.97. The van der Waals surface area contributed by atoms with Crippen molar-refractivity contribution >= 4 is 23.4 Å². The third-order valence-corrected chi connectivity index (χ3v) is 6.13. The molecule has 1 aliphatic heterocycles. The van der Waals surface area contributed by atoms with Crippen LogP contribution in [0.4, 0.5) is 0 Å². The summed E-state index contributed by atoms with van der Waals surface area (Å²) in [4.78, 5) is 35.4. The molecule has 0 saturated carbocycles. The van der Waals surface area contributed by atoms with Gasteiger partial charge in [0, 0.05) is 24.0 Å². The number of nitrogens with zero attached hydrogens (tertiary/aromatic N) is 3. The van der Waals surface area contributed by atoms with Crippen LogP contribution in [0.1, 0.15) is 24.1 Å². The summed E-state index contributed by atoms with van der Waals surface area (Å²) in [5.41, 5.74) is 1.90. The lowest BCUT2D eigenvalue weighted by atomic mass is 9.95. The molecule has 0 saturated heterocycles. The van der Waals surface area contributed by atoms with Crippen LogP contribution in [0, 0.1) is 0 Å². The molecule has 3 aromatic rings. The molecule has 0 radical (unpaired) electrons. The number of fused-ring (bicyclic) bond motifs is 1. The number of carbonyl (C=O) groups excluding carboxylic acids is 1. The highest BCUT2D eigenvalue weighted by molar-refractivity contribution is 7.07. The molecule has 164 valence electrons. The van der Waals surface area contributed by atoms with Crippen molar-refractivity contribution in [3.05, 3.63) is 84.8 Å². The number of rotatable bonds is 5. The smallest absolute Gasteiger partial charge is 0.338 e. The molecule has 3 heterocycles. The number of hydrogen-bond donors (Lipinski definition) is 0. The van der Waals surface area contributed by atoms with Gasteiger partial charge in [0.2, 0.25) is 0 Å². The summed E-state index contributed by atoms with van der Waals surface area (Å²) < 4.78 is 17.9. The van der Waals surface area contributed by atoms with Gasteiger partial charge in [0.15, 0.2) is 4.80 Å². The number of methoxy groups -OCH3 is 3. The number of aromatic nitrogens is 2. The van der Waals surface area contributed by atoms with Crippen molar-refractivity contribution < 1.29 is 19.0 Å². The van der Waals surface area contributed by atoms with Crippen molar-refractivity contribution in [2.45, 2.75) is 13.0 Å². The Morgan fingerprint density at radius 1 is 1.19 bits per heavy atom. The number of allylic oxidation sites excluding steroid dienone is 1. The molecule has 0 fully saturated rings. The molecule has 0 N–H and O–H groups in total. The van der Waals surface area contributed by atoms with Gasteiger partial charge in [0.25, 0.3) is 5.56 Å². The minimum atomic E-state index is -0.768. The summed E-state index contributed by atoms with van der Waals surface area (Å²) in [5, 5.41) is 0. The highest BCUT2D eigenvalue weighted by Gasteiger charge is 2.35. The average Bonchev–Trinajstić information content (AvgIpc) is 3.12. The maximum absolute atomic E-state index is 13.5. The van der Waals surface area contributed by atoms with Crippen molar-refractivity contribution in [2.24, 2.45) is 4.99 Å². The third kappa shape index (κ3) is 3.71. The lowest BCUT2D eigenvalue weighted by molar-refractivity contribution is -0.136. The largest absolute Gasteiger partial charge is 0.497 e. The van der Waals surface area contributed by atoms with Crippen LogP contribution in [0.25, 0.3) is 6.08 Å². The van der Waals surface area contributed by atoms with E-state index in [4.69, 9.17) is 14.2 Å². The van der Waals surface area contributed by atoms with E-state index in [0.29, 0.717) is 32.1 Å². The van der Waals surface area contributed by atoms with E-state index in [1.54, 1.807) is 56.8 Å². The quantitative estimate of drug-likeness (QED) is 0.550. The van der Waals surface area contributed by atoms with E-state index in [9.17, 15) is 9.59 Å². The van der Waals surface area contributed by atoms with Crippen LogP contribution in [-0.4, -0.2) is 36.8 Å². The Morgan fingerprint density at radius 3 is 2.66 bits per heavy atom. The van der Waals surface area contributed by atoms with Crippen LogP contribution in [0.2, 0.25) is 0 Å². The third-order valence-electron chi connectivity index (χ3n) is 5.14. The fourth-order valence-corrected chi connectivity index (χ4v) is 4.69. The summed E-state index contributed by atoms with van der Waals surface area (Å²) in [6, 6.07) is 8.14. The molecular formula is C23H21N3O5S. The Labute approximate surface area is 187 Å². The first-order valence-corrected chi connectivity index (χ1v) is 10.5. The molecule has 0 unspecified atom stereocenters. The van der Waals surface area contributed by atoms with Crippen molar-refractivity contribution in [3.63, 3.8) is 0 Å². The topological polar surface area (TPSA) is 92.0 Å².